The number of hydrogen-bond acceptors (Lipinski definition) is 7. The normalized spacial score (nSPS) is 14.4. The van der Waals surface area contributed by atoms with E-state index in [1.54, 1.807) is 30.4 Å². The Morgan fingerprint density at radius 2 is 2.20 bits per heavy atom. The van der Waals surface area contributed by atoms with E-state index in [-0.39, 0.29) is 10.8 Å². The molecule has 30 heavy (non-hydrogen) atoms. The standard InChI is InChI=1S/C20H22N4O4S2/c1-14-22-19(28-23-14)6-3-9-21-20(25)15-4-2-5-17(12-15)30(26,27)24-10-7-18-16(13-24)8-11-29-18/h2,4-5,8,11-12H,3,6-7,9-10,13H2,1H3,(H,21,25). The molecule has 1 aliphatic rings. The Balaban J connectivity index is 1.38. The highest BCUT2D eigenvalue weighted by molar-refractivity contribution is 7.89. The summed E-state index contributed by atoms with van der Waals surface area (Å²) in [6.45, 7) is 2.98. The third kappa shape index (κ3) is 4.45. The topological polar surface area (TPSA) is 105 Å². The Morgan fingerprint density at radius 1 is 1.33 bits per heavy atom. The molecule has 8 nitrogen and oxygen atoms in total. The van der Waals surface area contributed by atoms with E-state index in [1.807, 2.05) is 11.4 Å². The van der Waals surface area contributed by atoms with Crippen LogP contribution in [-0.4, -0.2) is 41.9 Å². The van der Waals surface area contributed by atoms with Gasteiger partial charge in [0.15, 0.2) is 5.82 Å². The third-order valence-corrected chi connectivity index (χ3v) is 7.79. The van der Waals surface area contributed by atoms with Crippen LogP contribution in [0.3, 0.4) is 0 Å². The van der Waals surface area contributed by atoms with Gasteiger partial charge >= 0.3 is 0 Å². The van der Waals surface area contributed by atoms with Crippen LogP contribution in [0, 0.1) is 6.92 Å². The number of hydrogen-bond donors (Lipinski definition) is 1. The van der Waals surface area contributed by atoms with E-state index in [9.17, 15) is 13.2 Å². The molecule has 0 atom stereocenters. The van der Waals surface area contributed by atoms with Gasteiger partial charge in [0.25, 0.3) is 5.91 Å². The van der Waals surface area contributed by atoms with Crippen LogP contribution >= 0.6 is 11.3 Å². The lowest BCUT2D eigenvalue weighted by atomic mass is 10.1. The first-order chi connectivity index (χ1) is 14.4. The predicted molar refractivity (Wildman–Crippen MR) is 112 cm³/mol. The zero-order chi connectivity index (χ0) is 21.1. The fourth-order valence-electron chi connectivity index (χ4n) is 3.36. The molecule has 0 aliphatic carbocycles. The predicted octanol–water partition coefficient (Wildman–Crippen LogP) is 2.55. The first kappa shape index (κ1) is 20.7. The second kappa shape index (κ2) is 8.66. The van der Waals surface area contributed by atoms with E-state index in [0.29, 0.717) is 56.2 Å². The Kier molecular flexibility index (Phi) is 5.98. The van der Waals surface area contributed by atoms with Gasteiger partial charge in [-0.25, -0.2) is 8.42 Å². The van der Waals surface area contributed by atoms with Gasteiger partial charge in [0.2, 0.25) is 15.9 Å². The average Bonchev–Trinajstić information content (AvgIpc) is 3.39. The molecule has 0 saturated carbocycles. The average molecular weight is 447 g/mol. The van der Waals surface area contributed by atoms with E-state index in [1.165, 1.54) is 21.3 Å². The number of thiophene rings is 1. The molecule has 0 fully saturated rings. The molecular formula is C20H22N4O4S2. The molecule has 0 radical (unpaired) electrons. The number of amides is 1. The smallest absolute Gasteiger partial charge is 0.251 e. The van der Waals surface area contributed by atoms with Gasteiger partial charge in [-0.3, -0.25) is 4.79 Å². The van der Waals surface area contributed by atoms with E-state index in [0.717, 1.165) is 5.56 Å². The lowest BCUT2D eigenvalue weighted by molar-refractivity contribution is 0.0952. The Morgan fingerprint density at radius 3 is 3.00 bits per heavy atom. The lowest BCUT2D eigenvalue weighted by Crippen LogP contribution is -2.35. The number of rotatable bonds is 7. The molecule has 158 valence electrons. The zero-order valence-corrected chi connectivity index (χ0v) is 18.1. The van der Waals surface area contributed by atoms with Crippen LogP contribution in [-0.2, 0) is 29.4 Å². The van der Waals surface area contributed by atoms with Gasteiger partial charge < -0.3 is 9.84 Å². The Hall–Kier alpha value is -2.56. The maximum absolute atomic E-state index is 13.1. The molecule has 10 heteroatoms. The molecule has 3 aromatic rings. The summed E-state index contributed by atoms with van der Waals surface area (Å²) in [4.78, 5) is 18.0. The fraction of sp³-hybridized carbons (Fsp3) is 0.350. The molecule has 0 unspecified atom stereocenters. The van der Waals surface area contributed by atoms with Crippen molar-refractivity contribution < 1.29 is 17.7 Å². The number of carbonyl (C=O) groups excluding carboxylic acids is 1. The number of aryl methyl sites for hydroxylation is 2. The number of fused-ring (bicyclic) bond motifs is 1. The van der Waals surface area contributed by atoms with Gasteiger partial charge in [-0.1, -0.05) is 11.2 Å². The highest BCUT2D eigenvalue weighted by Crippen LogP contribution is 2.28. The first-order valence-corrected chi connectivity index (χ1v) is 12.0. The number of carbonyl (C=O) groups is 1. The Bertz CT molecular complexity index is 1150. The van der Waals surface area contributed by atoms with E-state index in [4.69, 9.17) is 4.52 Å². The van der Waals surface area contributed by atoms with E-state index < -0.39 is 10.0 Å². The number of benzene rings is 1. The number of sulfonamides is 1. The summed E-state index contributed by atoms with van der Waals surface area (Å²) in [7, 11) is -3.67. The molecule has 0 bridgehead atoms. The molecule has 1 aromatic carbocycles. The SMILES string of the molecule is Cc1noc(CCCNC(=O)c2cccc(S(=O)(=O)N3CCc4sccc4C3)c2)n1. The lowest BCUT2D eigenvalue weighted by Gasteiger charge is -2.26. The maximum atomic E-state index is 13.1. The van der Waals surface area contributed by atoms with Crippen molar-refractivity contribution in [1.82, 2.24) is 19.8 Å². The third-order valence-electron chi connectivity index (χ3n) is 4.93. The molecule has 3 heterocycles. The van der Waals surface area contributed by atoms with Crippen molar-refractivity contribution in [3.8, 4) is 0 Å². The monoisotopic (exact) mass is 446 g/mol. The molecule has 0 spiro atoms. The van der Waals surface area contributed by atoms with Crippen molar-refractivity contribution in [2.45, 2.75) is 37.6 Å². The van der Waals surface area contributed by atoms with Gasteiger partial charge in [0.1, 0.15) is 0 Å². The summed E-state index contributed by atoms with van der Waals surface area (Å²) in [6.07, 6.45) is 1.92. The van der Waals surface area contributed by atoms with Gasteiger partial charge in [-0.2, -0.15) is 9.29 Å². The van der Waals surface area contributed by atoms with Crippen molar-refractivity contribution in [1.29, 1.82) is 0 Å². The van der Waals surface area contributed by atoms with Crippen LogP contribution in [0.15, 0.2) is 45.1 Å². The number of nitrogens with zero attached hydrogens (tertiary/aromatic N) is 3. The minimum Gasteiger partial charge on any atom is -0.352 e. The zero-order valence-electron chi connectivity index (χ0n) is 16.5. The molecule has 1 N–H and O–H groups in total. The maximum Gasteiger partial charge on any atom is 0.251 e. The van der Waals surface area contributed by atoms with Gasteiger partial charge in [-0.05, 0) is 55.0 Å². The van der Waals surface area contributed by atoms with Crippen LogP contribution in [0.1, 0.15) is 38.9 Å². The molecule has 2 aromatic heterocycles. The van der Waals surface area contributed by atoms with Crippen LogP contribution in [0.2, 0.25) is 0 Å². The first-order valence-electron chi connectivity index (χ1n) is 9.66. The van der Waals surface area contributed by atoms with E-state index in [2.05, 4.69) is 15.5 Å². The molecule has 1 amide bonds. The van der Waals surface area contributed by atoms with E-state index >= 15 is 0 Å². The van der Waals surface area contributed by atoms with Crippen molar-refractivity contribution in [3.05, 3.63) is 63.4 Å². The van der Waals surface area contributed by atoms with Crippen LogP contribution in [0.5, 0.6) is 0 Å². The van der Waals surface area contributed by atoms with Crippen LogP contribution in [0.25, 0.3) is 0 Å². The molecular weight excluding hydrogens is 424 g/mol. The van der Waals surface area contributed by atoms with Crippen molar-refractivity contribution >= 4 is 27.3 Å². The van der Waals surface area contributed by atoms with Crippen LogP contribution in [0.4, 0.5) is 0 Å². The summed E-state index contributed by atoms with van der Waals surface area (Å²) in [5.74, 6) is 0.800. The summed E-state index contributed by atoms with van der Waals surface area (Å²) in [6, 6.07) is 8.16. The highest BCUT2D eigenvalue weighted by Gasteiger charge is 2.29. The summed E-state index contributed by atoms with van der Waals surface area (Å²) in [5, 5.41) is 8.52. The minimum absolute atomic E-state index is 0.134. The van der Waals surface area contributed by atoms with Gasteiger partial charge in [0.05, 0.1) is 4.90 Å². The van der Waals surface area contributed by atoms with Crippen molar-refractivity contribution in [3.63, 3.8) is 0 Å². The molecule has 4 rings (SSSR count). The highest BCUT2D eigenvalue weighted by atomic mass is 32.2. The second-order valence-corrected chi connectivity index (χ2v) is 10.0. The minimum atomic E-state index is -3.67. The molecule has 0 saturated heterocycles. The largest absolute Gasteiger partial charge is 0.352 e. The summed E-state index contributed by atoms with van der Waals surface area (Å²) < 4.78 is 32.7. The molecule has 1 aliphatic heterocycles. The second-order valence-electron chi connectivity index (χ2n) is 7.08. The Labute approximate surface area is 179 Å². The van der Waals surface area contributed by atoms with Gasteiger partial charge in [0, 0.05) is 36.5 Å². The number of nitrogens with one attached hydrogen (secondary N) is 1. The number of aromatic nitrogens is 2. The summed E-state index contributed by atoms with van der Waals surface area (Å²) in [5.41, 5.74) is 1.37. The van der Waals surface area contributed by atoms with Crippen molar-refractivity contribution in [2.75, 3.05) is 13.1 Å². The van der Waals surface area contributed by atoms with Gasteiger partial charge in [-0.15, -0.1) is 11.3 Å². The van der Waals surface area contributed by atoms with Crippen LogP contribution < -0.4 is 5.32 Å². The fourth-order valence-corrected chi connectivity index (χ4v) is 5.71. The summed E-state index contributed by atoms with van der Waals surface area (Å²) >= 11 is 1.66. The quantitative estimate of drug-likeness (QED) is 0.559. The van der Waals surface area contributed by atoms with Crippen molar-refractivity contribution in [2.24, 2.45) is 0 Å².